The van der Waals surface area contributed by atoms with Crippen LogP contribution < -0.4 is 10.1 Å². The van der Waals surface area contributed by atoms with Gasteiger partial charge in [0.25, 0.3) is 0 Å². The third-order valence-corrected chi connectivity index (χ3v) is 6.29. The van der Waals surface area contributed by atoms with Gasteiger partial charge in [0.05, 0.1) is 6.61 Å². The summed E-state index contributed by atoms with van der Waals surface area (Å²) in [4.78, 5) is 24.4. The maximum atomic E-state index is 12.6. The van der Waals surface area contributed by atoms with Crippen molar-refractivity contribution in [3.05, 3.63) is 89.5 Å². The number of carboxylic acids is 1. The van der Waals surface area contributed by atoms with Crippen molar-refractivity contribution in [2.75, 3.05) is 13.2 Å². The summed E-state index contributed by atoms with van der Waals surface area (Å²) < 4.78 is 11.3. The van der Waals surface area contributed by atoms with Gasteiger partial charge in [-0.15, -0.1) is 0 Å². The Hall–Kier alpha value is -3.80. The van der Waals surface area contributed by atoms with Crippen molar-refractivity contribution in [1.82, 2.24) is 5.32 Å². The molecule has 0 aromatic heterocycles. The van der Waals surface area contributed by atoms with E-state index >= 15 is 0 Å². The average Bonchev–Trinajstić information content (AvgIpc) is 3.19. The van der Waals surface area contributed by atoms with Crippen LogP contribution in [-0.4, -0.2) is 36.4 Å². The summed E-state index contributed by atoms with van der Waals surface area (Å²) in [6.07, 6.45) is 2.58. The van der Waals surface area contributed by atoms with E-state index in [1.165, 1.54) is 0 Å². The van der Waals surface area contributed by atoms with Crippen LogP contribution in [0, 0.1) is 0 Å². The monoisotopic (exact) mass is 473 g/mol. The number of hydrogen-bond donors (Lipinski definition) is 2. The molecule has 0 heterocycles. The van der Waals surface area contributed by atoms with E-state index in [0.29, 0.717) is 12.4 Å². The number of unbranched alkanes of at least 4 members (excludes halogenated alkanes) is 2. The predicted molar refractivity (Wildman–Crippen MR) is 135 cm³/mol. The molecule has 1 unspecified atom stereocenters. The predicted octanol–water partition coefficient (Wildman–Crippen LogP) is 5.79. The summed E-state index contributed by atoms with van der Waals surface area (Å²) in [7, 11) is 0. The van der Waals surface area contributed by atoms with Gasteiger partial charge in [-0.25, -0.2) is 9.59 Å². The minimum atomic E-state index is -1.12. The highest BCUT2D eigenvalue weighted by atomic mass is 16.5. The lowest BCUT2D eigenvalue weighted by atomic mass is 9.98. The zero-order chi connectivity index (χ0) is 24.6. The number of nitrogens with one attached hydrogen (secondary N) is 1. The Bertz CT molecular complexity index is 1130. The third-order valence-electron chi connectivity index (χ3n) is 6.29. The number of carbonyl (C=O) groups is 2. The van der Waals surface area contributed by atoms with Crippen LogP contribution in [0.25, 0.3) is 11.1 Å². The van der Waals surface area contributed by atoms with E-state index in [9.17, 15) is 14.7 Å². The minimum Gasteiger partial charge on any atom is -0.494 e. The van der Waals surface area contributed by atoms with Crippen LogP contribution >= 0.6 is 0 Å². The molecule has 0 spiro atoms. The van der Waals surface area contributed by atoms with Crippen molar-refractivity contribution in [3.63, 3.8) is 0 Å². The molecule has 4 rings (SSSR count). The normalized spacial score (nSPS) is 12.9. The number of rotatable bonds is 11. The van der Waals surface area contributed by atoms with Gasteiger partial charge in [0.1, 0.15) is 18.4 Å². The topological polar surface area (TPSA) is 84.9 Å². The van der Waals surface area contributed by atoms with Gasteiger partial charge in [-0.1, -0.05) is 80.4 Å². The molecule has 3 aromatic rings. The highest BCUT2D eigenvalue weighted by Gasteiger charge is 2.29. The second-order valence-corrected chi connectivity index (χ2v) is 8.77. The van der Waals surface area contributed by atoms with E-state index in [-0.39, 0.29) is 18.9 Å². The molecule has 0 aliphatic heterocycles. The maximum absolute atomic E-state index is 12.6. The average molecular weight is 474 g/mol. The minimum absolute atomic E-state index is 0.0852. The number of carbonyl (C=O) groups excluding carboxylic acids is 1. The Morgan fingerprint density at radius 2 is 1.63 bits per heavy atom. The lowest BCUT2D eigenvalue weighted by molar-refractivity contribution is -0.139. The van der Waals surface area contributed by atoms with Crippen LogP contribution in [-0.2, 0) is 16.0 Å². The van der Waals surface area contributed by atoms with Crippen LogP contribution in [0.1, 0.15) is 48.8 Å². The first-order chi connectivity index (χ1) is 17.1. The zero-order valence-electron chi connectivity index (χ0n) is 19.9. The first-order valence-corrected chi connectivity index (χ1v) is 12.1. The number of hydrogen-bond acceptors (Lipinski definition) is 4. The highest BCUT2D eigenvalue weighted by molar-refractivity contribution is 5.81. The molecule has 1 atom stereocenters. The molecule has 35 heavy (non-hydrogen) atoms. The van der Waals surface area contributed by atoms with Gasteiger partial charge in [0, 0.05) is 12.3 Å². The van der Waals surface area contributed by atoms with Crippen LogP contribution in [0.3, 0.4) is 0 Å². The molecule has 6 heteroatoms. The lowest BCUT2D eigenvalue weighted by Gasteiger charge is -2.18. The molecule has 3 aromatic carbocycles. The smallest absolute Gasteiger partial charge is 0.407 e. The Balaban J connectivity index is 1.36. The second kappa shape index (κ2) is 11.6. The van der Waals surface area contributed by atoms with Crippen molar-refractivity contribution >= 4 is 12.1 Å². The van der Waals surface area contributed by atoms with Crippen LogP contribution in [0.4, 0.5) is 4.79 Å². The molecule has 1 amide bonds. The fourth-order valence-electron chi connectivity index (χ4n) is 4.52. The number of fused-ring (bicyclic) bond motifs is 3. The molecule has 0 saturated carbocycles. The van der Waals surface area contributed by atoms with E-state index in [4.69, 9.17) is 9.47 Å². The fraction of sp³-hybridized carbons (Fsp3) is 0.310. The molecule has 1 aliphatic rings. The van der Waals surface area contributed by atoms with Gasteiger partial charge in [-0.3, -0.25) is 0 Å². The zero-order valence-corrected chi connectivity index (χ0v) is 19.9. The van der Waals surface area contributed by atoms with Gasteiger partial charge < -0.3 is 19.9 Å². The van der Waals surface area contributed by atoms with Gasteiger partial charge in [-0.2, -0.15) is 0 Å². The Morgan fingerprint density at radius 1 is 0.943 bits per heavy atom. The van der Waals surface area contributed by atoms with Crippen molar-refractivity contribution in [1.29, 1.82) is 0 Å². The van der Waals surface area contributed by atoms with Gasteiger partial charge in [-0.05, 0) is 46.4 Å². The van der Waals surface area contributed by atoms with Crippen molar-refractivity contribution in [2.24, 2.45) is 0 Å². The summed E-state index contributed by atoms with van der Waals surface area (Å²) in [5, 5.41) is 12.2. The Labute approximate surface area is 205 Å². The van der Waals surface area contributed by atoms with Crippen molar-refractivity contribution < 1.29 is 24.2 Å². The number of ether oxygens (including phenoxy) is 2. The first kappa shape index (κ1) is 24.3. The molecular formula is C29H31NO5. The molecule has 0 radical (unpaired) electrons. The van der Waals surface area contributed by atoms with E-state index in [1.54, 1.807) is 0 Å². The number of aliphatic carboxylic acids is 1. The first-order valence-electron chi connectivity index (χ1n) is 12.1. The van der Waals surface area contributed by atoms with Crippen molar-refractivity contribution in [2.45, 2.75) is 44.6 Å². The van der Waals surface area contributed by atoms with Crippen LogP contribution in [0.5, 0.6) is 5.75 Å². The van der Waals surface area contributed by atoms with E-state index < -0.39 is 18.1 Å². The van der Waals surface area contributed by atoms with Crippen molar-refractivity contribution in [3.8, 4) is 16.9 Å². The maximum Gasteiger partial charge on any atom is 0.407 e. The summed E-state index contributed by atoms with van der Waals surface area (Å²) in [6, 6.07) is 22.4. The van der Waals surface area contributed by atoms with E-state index in [2.05, 4.69) is 24.4 Å². The second-order valence-electron chi connectivity index (χ2n) is 8.77. The number of amides is 1. The molecule has 182 valence electrons. The summed E-state index contributed by atoms with van der Waals surface area (Å²) in [6.45, 7) is 2.89. The molecule has 0 fully saturated rings. The fourth-order valence-corrected chi connectivity index (χ4v) is 4.52. The number of carboxylic acid groups (broad SMARTS) is 1. The molecular weight excluding hydrogens is 442 g/mol. The van der Waals surface area contributed by atoms with Gasteiger partial charge in [0.15, 0.2) is 0 Å². The summed E-state index contributed by atoms with van der Waals surface area (Å²) >= 11 is 0. The summed E-state index contributed by atoms with van der Waals surface area (Å²) in [5.74, 6) is -0.505. The van der Waals surface area contributed by atoms with Gasteiger partial charge in [0.2, 0.25) is 0 Å². The molecule has 0 saturated heterocycles. The molecule has 0 bridgehead atoms. The third kappa shape index (κ3) is 6.01. The Kier molecular flexibility index (Phi) is 8.03. The molecule has 2 N–H and O–H groups in total. The van der Waals surface area contributed by atoms with Crippen LogP contribution in [0.15, 0.2) is 72.8 Å². The highest BCUT2D eigenvalue weighted by Crippen LogP contribution is 2.44. The number of benzene rings is 3. The quantitative estimate of drug-likeness (QED) is 0.344. The Morgan fingerprint density at radius 3 is 2.29 bits per heavy atom. The summed E-state index contributed by atoms with van der Waals surface area (Å²) in [5.41, 5.74) is 5.25. The largest absolute Gasteiger partial charge is 0.494 e. The lowest BCUT2D eigenvalue weighted by Crippen LogP contribution is -2.42. The SMILES string of the molecule is CCCCCOc1cccc(CC(NC(=O)OCC2c3ccccc3-c3ccccc32)C(=O)O)c1. The molecule has 6 nitrogen and oxygen atoms in total. The van der Waals surface area contributed by atoms with Gasteiger partial charge >= 0.3 is 12.1 Å². The van der Waals surface area contributed by atoms with E-state index in [0.717, 1.165) is 47.1 Å². The molecule has 1 aliphatic carbocycles. The van der Waals surface area contributed by atoms with Crippen LogP contribution in [0.2, 0.25) is 0 Å². The number of alkyl carbamates (subject to hydrolysis) is 1. The standard InChI is InChI=1S/C29H31NO5/c1-2-3-8-16-34-21-11-9-10-20(17-21)18-27(28(31)32)30-29(33)35-19-26-24-14-6-4-12-22(24)23-13-5-7-15-25(23)26/h4-7,9-15,17,26-27H,2-3,8,16,18-19H2,1H3,(H,30,33)(H,31,32). The van der Waals surface area contributed by atoms with E-state index in [1.807, 2.05) is 60.7 Å².